The molecule has 1 aliphatic heterocycles. The van der Waals surface area contributed by atoms with Crippen LogP contribution in [0.3, 0.4) is 0 Å². The van der Waals surface area contributed by atoms with Gasteiger partial charge in [-0.1, -0.05) is 12.1 Å². The SMILES string of the molecule is O=C(/C=C/c1ccc(F)cc1)Nc1ccc2oc(N3CCCC3)nc2c1. The molecule has 1 saturated heterocycles. The number of anilines is 2. The monoisotopic (exact) mass is 351 g/mol. The van der Waals surface area contributed by atoms with Crippen molar-refractivity contribution in [1.29, 1.82) is 0 Å². The molecule has 2 heterocycles. The maximum absolute atomic E-state index is 12.9. The van der Waals surface area contributed by atoms with E-state index in [2.05, 4.69) is 15.2 Å². The first-order valence-corrected chi connectivity index (χ1v) is 8.57. The van der Waals surface area contributed by atoms with Crippen LogP contribution in [0.1, 0.15) is 18.4 Å². The summed E-state index contributed by atoms with van der Waals surface area (Å²) in [5.41, 5.74) is 2.82. The number of carbonyl (C=O) groups is 1. The van der Waals surface area contributed by atoms with Gasteiger partial charge in [0.1, 0.15) is 11.3 Å². The second kappa shape index (κ2) is 7.00. The second-order valence-corrected chi connectivity index (χ2v) is 6.25. The molecule has 0 spiro atoms. The van der Waals surface area contributed by atoms with Crippen LogP contribution in [-0.2, 0) is 4.79 Å². The van der Waals surface area contributed by atoms with E-state index in [0.717, 1.165) is 31.5 Å². The second-order valence-electron chi connectivity index (χ2n) is 6.25. The van der Waals surface area contributed by atoms with Gasteiger partial charge in [-0.3, -0.25) is 4.79 Å². The van der Waals surface area contributed by atoms with Crippen molar-refractivity contribution in [3.05, 3.63) is 59.9 Å². The van der Waals surface area contributed by atoms with Crippen molar-refractivity contribution in [2.24, 2.45) is 0 Å². The smallest absolute Gasteiger partial charge is 0.298 e. The summed E-state index contributed by atoms with van der Waals surface area (Å²) in [6, 6.07) is 12.0. The van der Waals surface area contributed by atoms with Crippen molar-refractivity contribution < 1.29 is 13.6 Å². The van der Waals surface area contributed by atoms with Crippen LogP contribution in [-0.4, -0.2) is 24.0 Å². The zero-order valence-electron chi connectivity index (χ0n) is 14.1. The van der Waals surface area contributed by atoms with Gasteiger partial charge in [-0.05, 0) is 54.8 Å². The number of hydrogen-bond acceptors (Lipinski definition) is 4. The predicted molar refractivity (Wildman–Crippen MR) is 99.5 cm³/mol. The Kier molecular flexibility index (Phi) is 4.39. The van der Waals surface area contributed by atoms with Crippen LogP contribution >= 0.6 is 0 Å². The van der Waals surface area contributed by atoms with Gasteiger partial charge < -0.3 is 14.6 Å². The van der Waals surface area contributed by atoms with Gasteiger partial charge in [0.05, 0.1) is 0 Å². The summed E-state index contributed by atoms with van der Waals surface area (Å²) < 4.78 is 18.7. The Hall–Kier alpha value is -3.15. The number of halogens is 1. The topological polar surface area (TPSA) is 58.4 Å². The summed E-state index contributed by atoms with van der Waals surface area (Å²) in [4.78, 5) is 18.7. The van der Waals surface area contributed by atoms with Crippen molar-refractivity contribution in [3.8, 4) is 0 Å². The molecule has 0 radical (unpaired) electrons. The van der Waals surface area contributed by atoms with Crippen molar-refractivity contribution in [3.63, 3.8) is 0 Å². The molecule has 26 heavy (non-hydrogen) atoms. The molecule has 2 aromatic carbocycles. The van der Waals surface area contributed by atoms with Crippen molar-refractivity contribution >= 4 is 34.8 Å². The first kappa shape index (κ1) is 16.3. The average Bonchev–Trinajstić information content (AvgIpc) is 3.30. The number of benzene rings is 2. The molecule has 1 fully saturated rings. The van der Waals surface area contributed by atoms with Gasteiger partial charge in [0.15, 0.2) is 5.58 Å². The van der Waals surface area contributed by atoms with E-state index in [1.165, 1.54) is 18.2 Å². The highest BCUT2D eigenvalue weighted by molar-refractivity contribution is 6.02. The number of oxazole rings is 1. The van der Waals surface area contributed by atoms with Gasteiger partial charge in [0, 0.05) is 24.9 Å². The summed E-state index contributed by atoms with van der Waals surface area (Å²) in [5, 5.41) is 2.80. The highest BCUT2D eigenvalue weighted by Gasteiger charge is 2.18. The predicted octanol–water partition coefficient (Wildman–Crippen LogP) is 4.22. The van der Waals surface area contributed by atoms with Crippen LogP contribution in [0.15, 0.2) is 53.0 Å². The van der Waals surface area contributed by atoms with Gasteiger partial charge in [-0.25, -0.2) is 4.39 Å². The maximum Gasteiger partial charge on any atom is 0.298 e. The summed E-state index contributed by atoms with van der Waals surface area (Å²) >= 11 is 0. The molecule has 4 rings (SSSR count). The number of aromatic nitrogens is 1. The third-order valence-electron chi connectivity index (χ3n) is 4.32. The van der Waals surface area contributed by atoms with Crippen LogP contribution in [0.25, 0.3) is 17.2 Å². The number of rotatable bonds is 4. The molecule has 1 aromatic heterocycles. The normalized spacial score (nSPS) is 14.4. The van der Waals surface area contributed by atoms with Gasteiger partial charge in [0.2, 0.25) is 5.91 Å². The number of amides is 1. The number of nitrogens with zero attached hydrogens (tertiary/aromatic N) is 2. The highest BCUT2D eigenvalue weighted by Crippen LogP contribution is 2.26. The average molecular weight is 351 g/mol. The molecule has 132 valence electrons. The van der Waals surface area contributed by atoms with Crippen molar-refractivity contribution in [2.45, 2.75) is 12.8 Å². The first-order chi connectivity index (χ1) is 12.7. The van der Waals surface area contributed by atoms with E-state index < -0.39 is 0 Å². The van der Waals surface area contributed by atoms with Gasteiger partial charge in [-0.2, -0.15) is 4.98 Å². The van der Waals surface area contributed by atoms with Gasteiger partial charge >= 0.3 is 0 Å². The van der Waals surface area contributed by atoms with E-state index in [1.807, 2.05) is 0 Å². The zero-order valence-corrected chi connectivity index (χ0v) is 14.1. The highest BCUT2D eigenvalue weighted by atomic mass is 19.1. The minimum atomic E-state index is -0.305. The summed E-state index contributed by atoms with van der Waals surface area (Å²) in [7, 11) is 0. The first-order valence-electron chi connectivity index (χ1n) is 8.57. The fraction of sp³-hybridized carbons (Fsp3) is 0.200. The van der Waals surface area contributed by atoms with Crippen LogP contribution in [0, 0.1) is 5.82 Å². The summed E-state index contributed by atoms with van der Waals surface area (Å²) in [5.74, 6) is -0.572. The van der Waals surface area contributed by atoms with Crippen LogP contribution in [0.2, 0.25) is 0 Å². The van der Waals surface area contributed by atoms with E-state index in [0.29, 0.717) is 22.8 Å². The minimum absolute atomic E-state index is 0.267. The largest absolute Gasteiger partial charge is 0.423 e. The minimum Gasteiger partial charge on any atom is -0.423 e. The fourth-order valence-corrected chi connectivity index (χ4v) is 2.97. The van der Waals surface area contributed by atoms with Gasteiger partial charge in [0.25, 0.3) is 6.01 Å². The number of carbonyl (C=O) groups excluding carboxylic acids is 1. The van der Waals surface area contributed by atoms with Crippen molar-refractivity contribution in [1.82, 2.24) is 4.98 Å². The Labute approximate surface area is 150 Å². The Morgan fingerprint density at radius 2 is 1.92 bits per heavy atom. The van der Waals surface area contributed by atoms with E-state index in [4.69, 9.17) is 4.42 Å². The molecule has 0 unspecified atom stereocenters. The van der Waals surface area contributed by atoms with E-state index in [1.54, 1.807) is 36.4 Å². The lowest BCUT2D eigenvalue weighted by Gasteiger charge is -2.10. The molecule has 6 heteroatoms. The van der Waals surface area contributed by atoms with Crippen LogP contribution in [0.4, 0.5) is 16.1 Å². The summed E-state index contributed by atoms with van der Waals surface area (Å²) in [6.07, 6.45) is 5.35. The third kappa shape index (κ3) is 3.59. The maximum atomic E-state index is 12.9. The lowest BCUT2D eigenvalue weighted by Crippen LogP contribution is -2.17. The molecule has 1 amide bonds. The number of fused-ring (bicyclic) bond motifs is 1. The van der Waals surface area contributed by atoms with Crippen LogP contribution in [0.5, 0.6) is 0 Å². The molecule has 0 atom stereocenters. The fourth-order valence-electron chi connectivity index (χ4n) is 2.97. The molecule has 0 bridgehead atoms. The Balaban J connectivity index is 1.46. The molecule has 1 aliphatic rings. The number of nitrogens with one attached hydrogen (secondary N) is 1. The lowest BCUT2D eigenvalue weighted by molar-refractivity contribution is -0.111. The molecule has 1 N–H and O–H groups in total. The Morgan fingerprint density at radius 3 is 2.69 bits per heavy atom. The Morgan fingerprint density at radius 1 is 1.15 bits per heavy atom. The summed E-state index contributed by atoms with van der Waals surface area (Å²) in [6.45, 7) is 1.93. The van der Waals surface area contributed by atoms with Crippen molar-refractivity contribution in [2.75, 3.05) is 23.3 Å². The molecule has 0 saturated carbocycles. The van der Waals surface area contributed by atoms with Crippen LogP contribution < -0.4 is 10.2 Å². The van der Waals surface area contributed by atoms with Gasteiger partial charge in [-0.15, -0.1) is 0 Å². The van der Waals surface area contributed by atoms with E-state index >= 15 is 0 Å². The molecule has 0 aliphatic carbocycles. The lowest BCUT2D eigenvalue weighted by atomic mass is 10.2. The van der Waals surface area contributed by atoms with E-state index in [9.17, 15) is 9.18 Å². The van der Waals surface area contributed by atoms with E-state index in [-0.39, 0.29) is 11.7 Å². The zero-order chi connectivity index (χ0) is 17.9. The molecular formula is C20H18FN3O2. The third-order valence-corrected chi connectivity index (χ3v) is 4.32. The number of hydrogen-bond donors (Lipinski definition) is 1. The molecular weight excluding hydrogens is 333 g/mol. The quantitative estimate of drug-likeness (QED) is 0.715. The molecule has 5 nitrogen and oxygen atoms in total. The standard InChI is InChI=1S/C20H18FN3O2/c21-15-6-3-14(4-7-15)5-10-19(25)22-16-8-9-18-17(13-16)23-20(26-18)24-11-1-2-12-24/h3-10,13H,1-2,11-12H2,(H,22,25)/b10-5+. The molecule has 3 aromatic rings. The Bertz CT molecular complexity index is 957.